The highest BCUT2D eigenvalue weighted by molar-refractivity contribution is 6.14. The lowest BCUT2D eigenvalue weighted by molar-refractivity contribution is 0.0600. The molecule has 0 bridgehead atoms. The SMILES string of the molecule is COC(=O)c1ccc(/C=C/C(=O)c2cccc3ccccc23)cc1. The van der Waals surface area contributed by atoms with Crippen LogP contribution in [0, 0.1) is 0 Å². The second-order valence-electron chi connectivity index (χ2n) is 5.34. The molecule has 0 radical (unpaired) electrons. The summed E-state index contributed by atoms with van der Waals surface area (Å²) in [6.45, 7) is 0. The summed E-state index contributed by atoms with van der Waals surface area (Å²) in [5.74, 6) is -0.429. The van der Waals surface area contributed by atoms with Gasteiger partial charge in [0.05, 0.1) is 12.7 Å². The van der Waals surface area contributed by atoms with Crippen LogP contribution in [0.3, 0.4) is 0 Å². The van der Waals surface area contributed by atoms with Crippen LogP contribution >= 0.6 is 0 Å². The van der Waals surface area contributed by atoms with E-state index in [1.807, 2.05) is 42.5 Å². The zero-order valence-electron chi connectivity index (χ0n) is 13.2. The Morgan fingerprint density at radius 3 is 2.33 bits per heavy atom. The number of ether oxygens (including phenoxy) is 1. The van der Waals surface area contributed by atoms with Crippen LogP contribution in [0.2, 0.25) is 0 Å². The third-order valence-electron chi connectivity index (χ3n) is 3.81. The molecule has 0 aliphatic rings. The Kier molecular flexibility index (Phi) is 4.52. The molecule has 118 valence electrons. The topological polar surface area (TPSA) is 43.4 Å². The van der Waals surface area contributed by atoms with Gasteiger partial charge in [0.25, 0.3) is 0 Å². The van der Waals surface area contributed by atoms with E-state index in [1.165, 1.54) is 7.11 Å². The second-order valence-corrected chi connectivity index (χ2v) is 5.34. The largest absolute Gasteiger partial charge is 0.465 e. The average Bonchev–Trinajstić information content (AvgIpc) is 2.65. The Hall–Kier alpha value is -3.20. The Morgan fingerprint density at radius 2 is 1.58 bits per heavy atom. The summed E-state index contributed by atoms with van der Waals surface area (Å²) in [6, 6.07) is 20.4. The molecule has 3 rings (SSSR count). The predicted molar refractivity (Wildman–Crippen MR) is 95.1 cm³/mol. The molecular formula is C21H16O3. The molecule has 3 aromatic rings. The fourth-order valence-electron chi connectivity index (χ4n) is 2.55. The first-order valence-electron chi connectivity index (χ1n) is 7.57. The van der Waals surface area contributed by atoms with Crippen LogP contribution in [0.15, 0.2) is 72.8 Å². The van der Waals surface area contributed by atoms with Crippen molar-refractivity contribution in [3.8, 4) is 0 Å². The third-order valence-corrected chi connectivity index (χ3v) is 3.81. The Balaban J connectivity index is 1.83. The summed E-state index contributed by atoms with van der Waals surface area (Å²) in [4.78, 5) is 23.9. The van der Waals surface area contributed by atoms with Gasteiger partial charge in [-0.1, -0.05) is 60.7 Å². The van der Waals surface area contributed by atoms with Crippen LogP contribution in [0.5, 0.6) is 0 Å². The van der Waals surface area contributed by atoms with Crippen molar-refractivity contribution < 1.29 is 14.3 Å². The van der Waals surface area contributed by atoms with Crippen molar-refractivity contribution in [3.05, 3.63) is 89.5 Å². The molecule has 0 fully saturated rings. The normalized spacial score (nSPS) is 10.9. The molecule has 0 saturated carbocycles. The summed E-state index contributed by atoms with van der Waals surface area (Å²) in [5.41, 5.74) is 2.00. The quantitative estimate of drug-likeness (QED) is 0.404. The molecule has 0 aliphatic heterocycles. The minimum Gasteiger partial charge on any atom is -0.465 e. The number of carbonyl (C=O) groups excluding carboxylic acids is 2. The first-order valence-corrected chi connectivity index (χ1v) is 7.57. The molecule has 0 unspecified atom stereocenters. The van der Waals surface area contributed by atoms with Crippen LogP contribution in [0.4, 0.5) is 0 Å². The average molecular weight is 316 g/mol. The number of benzene rings is 3. The van der Waals surface area contributed by atoms with Gasteiger partial charge in [-0.2, -0.15) is 0 Å². The molecule has 0 saturated heterocycles. The molecule has 0 amide bonds. The zero-order chi connectivity index (χ0) is 16.9. The number of methoxy groups -OCH3 is 1. The molecular weight excluding hydrogens is 300 g/mol. The van der Waals surface area contributed by atoms with Crippen molar-refractivity contribution >= 4 is 28.6 Å². The number of carbonyl (C=O) groups is 2. The van der Waals surface area contributed by atoms with Crippen molar-refractivity contribution in [2.75, 3.05) is 7.11 Å². The van der Waals surface area contributed by atoms with Crippen molar-refractivity contribution in [3.63, 3.8) is 0 Å². The number of ketones is 1. The Labute approximate surface area is 140 Å². The highest BCUT2D eigenvalue weighted by Crippen LogP contribution is 2.19. The first kappa shape index (κ1) is 15.7. The van der Waals surface area contributed by atoms with Crippen molar-refractivity contribution in [1.29, 1.82) is 0 Å². The van der Waals surface area contributed by atoms with E-state index in [-0.39, 0.29) is 11.8 Å². The Bertz CT molecular complexity index is 916. The number of hydrogen-bond donors (Lipinski definition) is 0. The lowest BCUT2D eigenvalue weighted by atomic mass is 10.0. The van der Waals surface area contributed by atoms with Gasteiger partial charge < -0.3 is 4.74 Å². The molecule has 24 heavy (non-hydrogen) atoms. The fourth-order valence-corrected chi connectivity index (χ4v) is 2.55. The standard InChI is InChI=1S/C21H16O3/c1-24-21(23)17-12-9-15(10-13-17)11-14-20(22)19-8-4-6-16-5-2-3-7-18(16)19/h2-14H,1H3/b14-11+. The van der Waals surface area contributed by atoms with E-state index < -0.39 is 0 Å². The third kappa shape index (κ3) is 3.25. The van der Waals surface area contributed by atoms with E-state index in [0.29, 0.717) is 11.1 Å². The van der Waals surface area contributed by atoms with E-state index in [1.54, 1.807) is 36.4 Å². The van der Waals surface area contributed by atoms with Crippen LogP contribution in [0.25, 0.3) is 16.8 Å². The van der Waals surface area contributed by atoms with Crippen LogP contribution in [-0.2, 0) is 4.74 Å². The molecule has 3 nitrogen and oxygen atoms in total. The highest BCUT2D eigenvalue weighted by Gasteiger charge is 2.07. The van der Waals surface area contributed by atoms with Gasteiger partial charge in [-0.3, -0.25) is 4.79 Å². The minimum atomic E-state index is -0.377. The highest BCUT2D eigenvalue weighted by atomic mass is 16.5. The summed E-state index contributed by atoms with van der Waals surface area (Å²) >= 11 is 0. The van der Waals surface area contributed by atoms with Gasteiger partial charge in [0.15, 0.2) is 5.78 Å². The zero-order valence-corrected chi connectivity index (χ0v) is 13.2. The maximum absolute atomic E-state index is 12.5. The molecule has 0 heterocycles. The Morgan fingerprint density at radius 1 is 0.875 bits per heavy atom. The lowest BCUT2D eigenvalue weighted by Crippen LogP contribution is -2.00. The van der Waals surface area contributed by atoms with Crippen molar-refractivity contribution in [1.82, 2.24) is 0 Å². The predicted octanol–water partition coefficient (Wildman–Crippen LogP) is 4.52. The number of rotatable bonds is 4. The molecule has 0 atom stereocenters. The van der Waals surface area contributed by atoms with Gasteiger partial charge in [0.1, 0.15) is 0 Å². The lowest BCUT2D eigenvalue weighted by Gasteiger charge is -2.03. The van der Waals surface area contributed by atoms with Crippen LogP contribution < -0.4 is 0 Å². The minimum absolute atomic E-state index is 0.0520. The smallest absolute Gasteiger partial charge is 0.337 e. The fraction of sp³-hybridized carbons (Fsp3) is 0.0476. The van der Waals surface area contributed by atoms with Gasteiger partial charge in [-0.15, -0.1) is 0 Å². The maximum Gasteiger partial charge on any atom is 0.337 e. The molecule has 0 aliphatic carbocycles. The van der Waals surface area contributed by atoms with Crippen molar-refractivity contribution in [2.24, 2.45) is 0 Å². The van der Waals surface area contributed by atoms with Crippen LogP contribution in [-0.4, -0.2) is 18.9 Å². The summed E-state index contributed by atoms with van der Waals surface area (Å²) < 4.78 is 4.66. The first-order chi connectivity index (χ1) is 11.7. The van der Waals surface area contributed by atoms with Gasteiger partial charge >= 0.3 is 5.97 Å². The number of hydrogen-bond acceptors (Lipinski definition) is 3. The summed E-state index contributed by atoms with van der Waals surface area (Å²) in [5, 5.41) is 1.98. The summed E-state index contributed by atoms with van der Waals surface area (Å²) in [6.07, 6.45) is 3.29. The second kappa shape index (κ2) is 6.92. The summed E-state index contributed by atoms with van der Waals surface area (Å²) in [7, 11) is 1.35. The van der Waals surface area contributed by atoms with E-state index in [2.05, 4.69) is 4.74 Å². The number of allylic oxidation sites excluding steroid dienone is 1. The molecule has 3 aromatic carbocycles. The van der Waals surface area contributed by atoms with Crippen molar-refractivity contribution in [2.45, 2.75) is 0 Å². The van der Waals surface area contributed by atoms with E-state index in [0.717, 1.165) is 16.3 Å². The molecule has 0 spiro atoms. The van der Waals surface area contributed by atoms with Gasteiger partial charge in [-0.25, -0.2) is 4.79 Å². The van der Waals surface area contributed by atoms with E-state index in [9.17, 15) is 9.59 Å². The number of esters is 1. The monoisotopic (exact) mass is 316 g/mol. The van der Waals surface area contributed by atoms with Gasteiger partial charge in [0, 0.05) is 5.56 Å². The van der Waals surface area contributed by atoms with E-state index >= 15 is 0 Å². The molecule has 0 aromatic heterocycles. The van der Waals surface area contributed by atoms with Crippen LogP contribution in [0.1, 0.15) is 26.3 Å². The van der Waals surface area contributed by atoms with Gasteiger partial charge in [0.2, 0.25) is 0 Å². The van der Waals surface area contributed by atoms with Gasteiger partial charge in [-0.05, 0) is 34.5 Å². The number of fused-ring (bicyclic) bond motifs is 1. The molecule has 0 N–H and O–H groups in total. The van der Waals surface area contributed by atoms with E-state index in [4.69, 9.17) is 0 Å². The maximum atomic E-state index is 12.5. The molecule has 3 heteroatoms.